The van der Waals surface area contributed by atoms with Gasteiger partial charge < -0.3 is 4.90 Å². The lowest BCUT2D eigenvalue weighted by Gasteiger charge is -2.32. The summed E-state index contributed by atoms with van der Waals surface area (Å²) in [6.07, 6.45) is -4.91. The molecular weight excluding hydrogens is 374 g/mol. The van der Waals surface area contributed by atoms with Crippen molar-refractivity contribution in [2.24, 2.45) is 0 Å². The summed E-state index contributed by atoms with van der Waals surface area (Å²) in [5.74, 6) is -0.526. The van der Waals surface area contributed by atoms with Gasteiger partial charge in [-0.1, -0.05) is 30.3 Å². The summed E-state index contributed by atoms with van der Waals surface area (Å²) in [5, 5.41) is 0. The van der Waals surface area contributed by atoms with Gasteiger partial charge in [0.1, 0.15) is 5.82 Å². The van der Waals surface area contributed by atoms with E-state index >= 15 is 0 Å². The standard InChI is InChI=1S/C21H21F4NO2/c1-14-6-7-15(13-19(14)22)12-16-4-2-3-5-18(16)20(27)26-10-8-17(9-11-26)28-21(23,24)25/h2-7,13,17H,8-12H2,1H3. The first-order chi connectivity index (χ1) is 13.2. The summed E-state index contributed by atoms with van der Waals surface area (Å²) in [4.78, 5) is 14.5. The molecule has 1 heterocycles. The molecule has 0 spiro atoms. The van der Waals surface area contributed by atoms with Crippen LogP contribution in [0, 0.1) is 12.7 Å². The number of halogens is 4. The van der Waals surface area contributed by atoms with Gasteiger partial charge in [-0.25, -0.2) is 4.39 Å². The second-order valence-corrected chi connectivity index (χ2v) is 6.97. The minimum absolute atomic E-state index is 0.136. The van der Waals surface area contributed by atoms with Crippen molar-refractivity contribution in [2.45, 2.75) is 38.7 Å². The Labute approximate surface area is 160 Å². The normalized spacial score (nSPS) is 15.7. The summed E-state index contributed by atoms with van der Waals surface area (Å²) in [6.45, 7) is 2.09. The van der Waals surface area contributed by atoms with Crippen LogP contribution in [0.5, 0.6) is 0 Å². The molecule has 7 heteroatoms. The molecule has 0 bridgehead atoms. The van der Waals surface area contributed by atoms with E-state index in [2.05, 4.69) is 4.74 Å². The van der Waals surface area contributed by atoms with E-state index in [-0.39, 0.29) is 37.7 Å². The molecule has 0 N–H and O–H groups in total. The molecule has 1 aliphatic rings. The number of hydrogen-bond donors (Lipinski definition) is 0. The first-order valence-corrected chi connectivity index (χ1v) is 9.09. The predicted octanol–water partition coefficient (Wildman–Crippen LogP) is 4.87. The number of carbonyl (C=O) groups is 1. The highest BCUT2D eigenvalue weighted by molar-refractivity contribution is 5.95. The molecule has 3 nitrogen and oxygen atoms in total. The number of hydrogen-bond acceptors (Lipinski definition) is 2. The number of rotatable bonds is 4. The molecule has 0 aromatic heterocycles. The van der Waals surface area contributed by atoms with Crippen molar-refractivity contribution in [3.63, 3.8) is 0 Å². The van der Waals surface area contributed by atoms with Gasteiger partial charge in [-0.05, 0) is 55.0 Å². The van der Waals surface area contributed by atoms with E-state index in [1.54, 1.807) is 36.1 Å². The zero-order chi connectivity index (χ0) is 20.3. The van der Waals surface area contributed by atoms with Crippen LogP contribution in [0.25, 0.3) is 0 Å². The van der Waals surface area contributed by atoms with E-state index < -0.39 is 12.5 Å². The Morgan fingerprint density at radius 1 is 1.14 bits per heavy atom. The Kier molecular flexibility index (Phi) is 6.03. The molecule has 0 atom stereocenters. The predicted molar refractivity (Wildman–Crippen MR) is 96.5 cm³/mol. The number of benzene rings is 2. The molecule has 0 radical (unpaired) electrons. The molecule has 3 rings (SSSR count). The van der Waals surface area contributed by atoms with Crippen molar-refractivity contribution in [1.29, 1.82) is 0 Å². The first-order valence-electron chi connectivity index (χ1n) is 9.09. The average Bonchev–Trinajstić information content (AvgIpc) is 2.64. The van der Waals surface area contributed by atoms with E-state index in [4.69, 9.17) is 0 Å². The maximum absolute atomic E-state index is 13.8. The van der Waals surface area contributed by atoms with E-state index in [0.29, 0.717) is 17.5 Å². The molecule has 0 saturated carbocycles. The van der Waals surface area contributed by atoms with Crippen LogP contribution in [-0.4, -0.2) is 36.4 Å². The van der Waals surface area contributed by atoms with Gasteiger partial charge in [-0.15, -0.1) is 13.2 Å². The Morgan fingerprint density at radius 2 is 1.82 bits per heavy atom. The first kappa shape index (κ1) is 20.3. The Morgan fingerprint density at radius 3 is 2.46 bits per heavy atom. The number of aryl methyl sites for hydroxylation is 1. The van der Waals surface area contributed by atoms with Crippen molar-refractivity contribution < 1.29 is 27.1 Å². The molecule has 0 unspecified atom stereocenters. The lowest BCUT2D eigenvalue weighted by Crippen LogP contribution is -2.42. The van der Waals surface area contributed by atoms with Crippen molar-refractivity contribution in [2.75, 3.05) is 13.1 Å². The van der Waals surface area contributed by atoms with Gasteiger partial charge in [-0.2, -0.15) is 0 Å². The second-order valence-electron chi connectivity index (χ2n) is 6.97. The third kappa shape index (κ3) is 5.10. The summed E-state index contributed by atoms with van der Waals surface area (Å²) >= 11 is 0. The van der Waals surface area contributed by atoms with Crippen molar-refractivity contribution in [3.05, 3.63) is 70.5 Å². The molecule has 28 heavy (non-hydrogen) atoms. The molecule has 2 aromatic rings. The number of alkyl halides is 3. The van der Waals surface area contributed by atoms with Crippen LogP contribution >= 0.6 is 0 Å². The highest BCUT2D eigenvalue weighted by Gasteiger charge is 2.35. The highest BCUT2D eigenvalue weighted by atomic mass is 19.4. The summed E-state index contributed by atoms with van der Waals surface area (Å²) in [6, 6.07) is 12.0. The molecule has 1 aliphatic heterocycles. The van der Waals surface area contributed by atoms with Crippen LogP contribution in [0.4, 0.5) is 17.6 Å². The van der Waals surface area contributed by atoms with Crippen molar-refractivity contribution in [3.8, 4) is 0 Å². The third-order valence-corrected chi connectivity index (χ3v) is 4.91. The molecular formula is C21H21F4NO2. The lowest BCUT2D eigenvalue weighted by atomic mass is 9.97. The van der Waals surface area contributed by atoms with Crippen LogP contribution in [0.3, 0.4) is 0 Å². The van der Waals surface area contributed by atoms with Gasteiger partial charge in [0.2, 0.25) is 0 Å². The number of carbonyl (C=O) groups excluding carboxylic acids is 1. The topological polar surface area (TPSA) is 29.5 Å². The Hall–Kier alpha value is -2.41. The molecule has 1 saturated heterocycles. The quantitative estimate of drug-likeness (QED) is 0.692. The van der Waals surface area contributed by atoms with Gasteiger partial charge in [-0.3, -0.25) is 9.53 Å². The van der Waals surface area contributed by atoms with Gasteiger partial charge in [0.25, 0.3) is 5.91 Å². The van der Waals surface area contributed by atoms with Gasteiger partial charge in [0.05, 0.1) is 6.10 Å². The van der Waals surface area contributed by atoms with Crippen molar-refractivity contribution in [1.82, 2.24) is 4.90 Å². The summed E-state index contributed by atoms with van der Waals surface area (Å²) in [7, 11) is 0. The van der Waals surface area contributed by atoms with Gasteiger partial charge in [0, 0.05) is 18.7 Å². The molecule has 2 aromatic carbocycles. The maximum atomic E-state index is 13.8. The molecule has 1 fully saturated rings. The fourth-order valence-electron chi connectivity index (χ4n) is 3.39. The minimum atomic E-state index is -4.66. The summed E-state index contributed by atoms with van der Waals surface area (Å²) < 4.78 is 54.9. The smallest absolute Gasteiger partial charge is 0.338 e. The number of piperidine rings is 1. The molecule has 150 valence electrons. The van der Waals surface area contributed by atoms with E-state index in [1.165, 1.54) is 6.07 Å². The fourth-order valence-corrected chi connectivity index (χ4v) is 3.39. The number of likely N-dealkylation sites (tertiary alicyclic amines) is 1. The zero-order valence-corrected chi connectivity index (χ0v) is 15.4. The monoisotopic (exact) mass is 395 g/mol. The van der Waals surface area contributed by atoms with Crippen molar-refractivity contribution >= 4 is 5.91 Å². The second kappa shape index (κ2) is 8.31. The van der Waals surface area contributed by atoms with Crippen LogP contribution in [-0.2, 0) is 11.2 Å². The van der Waals surface area contributed by atoms with Gasteiger partial charge in [0.15, 0.2) is 0 Å². The maximum Gasteiger partial charge on any atom is 0.522 e. The van der Waals surface area contributed by atoms with E-state index in [0.717, 1.165) is 11.1 Å². The Balaban J connectivity index is 1.70. The van der Waals surface area contributed by atoms with Crippen LogP contribution in [0.1, 0.15) is 39.9 Å². The van der Waals surface area contributed by atoms with E-state index in [9.17, 15) is 22.4 Å². The zero-order valence-electron chi connectivity index (χ0n) is 15.4. The van der Waals surface area contributed by atoms with E-state index in [1.807, 2.05) is 12.1 Å². The van der Waals surface area contributed by atoms with Crippen LogP contribution in [0.2, 0.25) is 0 Å². The summed E-state index contributed by atoms with van der Waals surface area (Å²) in [5.41, 5.74) is 2.54. The van der Waals surface area contributed by atoms with Gasteiger partial charge >= 0.3 is 6.36 Å². The number of ether oxygens (including phenoxy) is 1. The SMILES string of the molecule is Cc1ccc(Cc2ccccc2C(=O)N2CCC(OC(F)(F)F)CC2)cc1F. The number of amides is 1. The average molecular weight is 395 g/mol. The third-order valence-electron chi connectivity index (χ3n) is 4.91. The van der Waals surface area contributed by atoms with Crippen LogP contribution in [0.15, 0.2) is 42.5 Å². The largest absolute Gasteiger partial charge is 0.522 e. The highest BCUT2D eigenvalue weighted by Crippen LogP contribution is 2.26. The Bertz CT molecular complexity index is 843. The minimum Gasteiger partial charge on any atom is -0.338 e. The van der Waals surface area contributed by atoms with Crippen LogP contribution < -0.4 is 0 Å². The molecule has 1 amide bonds. The number of nitrogens with zero attached hydrogens (tertiary/aromatic N) is 1. The fraction of sp³-hybridized carbons (Fsp3) is 0.381. The molecule has 0 aliphatic carbocycles. The lowest BCUT2D eigenvalue weighted by molar-refractivity contribution is -0.345.